The number of ether oxygens (including phenoxy) is 1. The minimum absolute atomic E-state index is 0.115. The lowest BCUT2D eigenvalue weighted by Gasteiger charge is -2.13. The average molecular weight is 215 g/mol. The molecule has 0 saturated heterocycles. The first-order valence-electron chi connectivity index (χ1n) is 4.72. The molecule has 1 rings (SSSR count). The minimum Gasteiger partial charge on any atom is -0.472 e. The molecular formula is C10H15ClN2O. The molecule has 78 valence electrons. The molecule has 0 amide bonds. The van der Waals surface area contributed by atoms with Crippen LogP contribution in [0.15, 0.2) is 0 Å². The highest BCUT2D eigenvalue weighted by Crippen LogP contribution is 2.22. The zero-order valence-electron chi connectivity index (χ0n) is 8.97. The minimum atomic E-state index is 0.115. The second-order valence-corrected chi connectivity index (χ2v) is 3.69. The molecule has 1 unspecified atom stereocenters. The van der Waals surface area contributed by atoms with Crippen LogP contribution in [0.25, 0.3) is 0 Å². The number of aromatic nitrogens is 2. The highest BCUT2D eigenvalue weighted by molar-refractivity contribution is 6.30. The second kappa shape index (κ2) is 4.60. The van der Waals surface area contributed by atoms with E-state index in [9.17, 15) is 0 Å². The number of halogens is 1. The van der Waals surface area contributed by atoms with Gasteiger partial charge in [-0.25, -0.2) is 9.97 Å². The number of hydrogen-bond acceptors (Lipinski definition) is 3. The van der Waals surface area contributed by atoms with Crippen LogP contribution in [0.4, 0.5) is 0 Å². The SMILES string of the molecule is CCC(C)Oc1nc(C)c(C)nc1Cl. The normalized spacial score (nSPS) is 12.6. The third kappa shape index (κ3) is 2.58. The van der Waals surface area contributed by atoms with Crippen molar-refractivity contribution in [1.29, 1.82) is 0 Å². The van der Waals surface area contributed by atoms with Gasteiger partial charge in [0.2, 0.25) is 0 Å². The Kier molecular flexibility index (Phi) is 3.69. The lowest BCUT2D eigenvalue weighted by atomic mass is 10.3. The number of rotatable bonds is 3. The monoisotopic (exact) mass is 214 g/mol. The molecule has 4 heteroatoms. The summed E-state index contributed by atoms with van der Waals surface area (Å²) in [7, 11) is 0. The summed E-state index contributed by atoms with van der Waals surface area (Å²) in [6.45, 7) is 7.80. The largest absolute Gasteiger partial charge is 0.472 e. The Morgan fingerprint density at radius 2 is 1.86 bits per heavy atom. The van der Waals surface area contributed by atoms with E-state index in [2.05, 4.69) is 9.97 Å². The molecule has 0 aliphatic carbocycles. The summed E-state index contributed by atoms with van der Waals surface area (Å²) < 4.78 is 5.52. The molecule has 1 heterocycles. The lowest BCUT2D eigenvalue weighted by Crippen LogP contribution is -2.12. The van der Waals surface area contributed by atoms with Crippen molar-refractivity contribution in [2.45, 2.75) is 40.2 Å². The Hall–Kier alpha value is -0.830. The third-order valence-corrected chi connectivity index (χ3v) is 2.37. The topological polar surface area (TPSA) is 35.0 Å². The fourth-order valence-corrected chi connectivity index (χ4v) is 1.12. The number of nitrogens with zero attached hydrogens (tertiary/aromatic N) is 2. The van der Waals surface area contributed by atoms with Crippen LogP contribution in [-0.4, -0.2) is 16.1 Å². The molecule has 0 aliphatic rings. The lowest BCUT2D eigenvalue weighted by molar-refractivity contribution is 0.207. The van der Waals surface area contributed by atoms with Gasteiger partial charge in [0.1, 0.15) is 0 Å². The maximum atomic E-state index is 5.90. The molecule has 0 spiro atoms. The van der Waals surface area contributed by atoms with Crippen molar-refractivity contribution in [3.05, 3.63) is 16.5 Å². The first-order chi connectivity index (χ1) is 6.54. The van der Waals surface area contributed by atoms with Gasteiger partial charge in [-0.1, -0.05) is 18.5 Å². The fraction of sp³-hybridized carbons (Fsp3) is 0.600. The summed E-state index contributed by atoms with van der Waals surface area (Å²) >= 11 is 5.90. The van der Waals surface area contributed by atoms with Gasteiger partial charge in [-0.15, -0.1) is 0 Å². The first kappa shape index (κ1) is 11.2. The van der Waals surface area contributed by atoms with E-state index in [0.29, 0.717) is 11.0 Å². The van der Waals surface area contributed by atoms with Crippen molar-refractivity contribution in [3.8, 4) is 5.88 Å². The van der Waals surface area contributed by atoms with Gasteiger partial charge in [-0.3, -0.25) is 0 Å². The van der Waals surface area contributed by atoms with Gasteiger partial charge in [0.05, 0.1) is 17.5 Å². The molecule has 14 heavy (non-hydrogen) atoms. The Bertz CT molecular complexity index is 328. The molecule has 0 bridgehead atoms. The summed E-state index contributed by atoms with van der Waals surface area (Å²) in [4.78, 5) is 8.38. The first-order valence-corrected chi connectivity index (χ1v) is 5.09. The van der Waals surface area contributed by atoms with Crippen LogP contribution in [0.1, 0.15) is 31.7 Å². The maximum Gasteiger partial charge on any atom is 0.252 e. The van der Waals surface area contributed by atoms with Crippen molar-refractivity contribution in [3.63, 3.8) is 0 Å². The van der Waals surface area contributed by atoms with E-state index >= 15 is 0 Å². The van der Waals surface area contributed by atoms with Gasteiger partial charge in [0.25, 0.3) is 5.88 Å². The van der Waals surface area contributed by atoms with Crippen molar-refractivity contribution in [2.75, 3.05) is 0 Å². The van der Waals surface area contributed by atoms with E-state index in [1.165, 1.54) is 0 Å². The van der Waals surface area contributed by atoms with Crippen LogP contribution in [0, 0.1) is 13.8 Å². The third-order valence-electron chi connectivity index (χ3n) is 2.12. The molecule has 1 atom stereocenters. The highest BCUT2D eigenvalue weighted by atomic mass is 35.5. The van der Waals surface area contributed by atoms with Crippen LogP contribution < -0.4 is 4.74 Å². The Balaban J connectivity index is 2.92. The summed E-state index contributed by atoms with van der Waals surface area (Å²) in [6.07, 6.45) is 1.04. The second-order valence-electron chi connectivity index (χ2n) is 3.33. The molecule has 0 N–H and O–H groups in total. The fourth-order valence-electron chi connectivity index (χ4n) is 0.904. The summed E-state index contributed by atoms with van der Waals surface area (Å²) in [5, 5.41) is 0.341. The van der Waals surface area contributed by atoms with Crippen LogP contribution in [-0.2, 0) is 0 Å². The van der Waals surface area contributed by atoms with E-state index in [1.807, 2.05) is 27.7 Å². The molecule has 1 aromatic rings. The predicted molar refractivity (Wildman–Crippen MR) is 56.9 cm³/mol. The van der Waals surface area contributed by atoms with E-state index in [-0.39, 0.29) is 6.10 Å². The van der Waals surface area contributed by atoms with Crippen LogP contribution in [0.5, 0.6) is 5.88 Å². The Labute approximate surface area is 89.5 Å². The molecular weight excluding hydrogens is 200 g/mol. The van der Waals surface area contributed by atoms with Crippen molar-refractivity contribution >= 4 is 11.6 Å². The maximum absolute atomic E-state index is 5.90. The number of hydrogen-bond donors (Lipinski definition) is 0. The highest BCUT2D eigenvalue weighted by Gasteiger charge is 2.10. The molecule has 0 saturated carbocycles. The standard InChI is InChI=1S/C10H15ClN2O/c1-5-6(2)14-10-9(11)12-7(3)8(4)13-10/h6H,5H2,1-4H3. The summed E-state index contributed by atoms with van der Waals surface area (Å²) in [5.41, 5.74) is 1.69. The van der Waals surface area contributed by atoms with Gasteiger partial charge < -0.3 is 4.74 Å². The van der Waals surface area contributed by atoms with Crippen LogP contribution in [0.3, 0.4) is 0 Å². The molecule has 0 fully saturated rings. The quantitative estimate of drug-likeness (QED) is 0.776. The number of aryl methyl sites for hydroxylation is 2. The van der Waals surface area contributed by atoms with Crippen LogP contribution >= 0.6 is 11.6 Å². The zero-order chi connectivity index (χ0) is 10.7. The van der Waals surface area contributed by atoms with Gasteiger partial charge in [0, 0.05) is 0 Å². The molecule has 0 radical (unpaired) electrons. The van der Waals surface area contributed by atoms with Gasteiger partial charge in [-0.2, -0.15) is 0 Å². The van der Waals surface area contributed by atoms with E-state index in [0.717, 1.165) is 17.8 Å². The van der Waals surface area contributed by atoms with E-state index < -0.39 is 0 Å². The Morgan fingerprint density at radius 3 is 2.43 bits per heavy atom. The summed E-state index contributed by atoms with van der Waals surface area (Å²) in [6, 6.07) is 0. The Morgan fingerprint density at radius 1 is 1.29 bits per heavy atom. The van der Waals surface area contributed by atoms with Crippen molar-refractivity contribution < 1.29 is 4.74 Å². The van der Waals surface area contributed by atoms with Crippen molar-refractivity contribution in [1.82, 2.24) is 9.97 Å². The molecule has 1 aromatic heterocycles. The zero-order valence-corrected chi connectivity index (χ0v) is 9.72. The average Bonchev–Trinajstić information content (AvgIpc) is 2.14. The predicted octanol–water partition coefficient (Wildman–Crippen LogP) is 2.92. The van der Waals surface area contributed by atoms with Gasteiger partial charge in [0.15, 0.2) is 5.15 Å². The molecule has 3 nitrogen and oxygen atoms in total. The van der Waals surface area contributed by atoms with Gasteiger partial charge >= 0.3 is 0 Å². The van der Waals surface area contributed by atoms with Crippen molar-refractivity contribution in [2.24, 2.45) is 0 Å². The smallest absolute Gasteiger partial charge is 0.252 e. The van der Waals surface area contributed by atoms with Gasteiger partial charge in [-0.05, 0) is 27.2 Å². The summed E-state index contributed by atoms with van der Waals surface area (Å²) in [5.74, 6) is 0.434. The molecule has 0 aliphatic heterocycles. The van der Waals surface area contributed by atoms with Crippen LogP contribution in [0.2, 0.25) is 5.15 Å². The van der Waals surface area contributed by atoms with E-state index in [4.69, 9.17) is 16.3 Å². The molecule has 0 aromatic carbocycles. The van der Waals surface area contributed by atoms with E-state index in [1.54, 1.807) is 0 Å².